The second-order valence-electron chi connectivity index (χ2n) is 4.66. The lowest BCUT2D eigenvalue weighted by molar-refractivity contribution is 0.517. The molecule has 2 aromatic rings. The largest absolute Gasteiger partial charge is 0.350 e. The maximum absolute atomic E-state index is 3.60. The summed E-state index contributed by atoms with van der Waals surface area (Å²) in [5.41, 5.74) is 2.79. The maximum atomic E-state index is 3.60. The van der Waals surface area contributed by atoms with E-state index < -0.39 is 0 Å². The summed E-state index contributed by atoms with van der Waals surface area (Å²) in [6.07, 6.45) is 6.78. The van der Waals surface area contributed by atoms with Gasteiger partial charge in [-0.25, -0.2) is 0 Å². The molecule has 0 saturated carbocycles. The van der Waals surface area contributed by atoms with Crippen molar-refractivity contribution in [2.24, 2.45) is 0 Å². The van der Waals surface area contributed by atoms with Gasteiger partial charge in [-0.2, -0.15) is 11.3 Å². The van der Waals surface area contributed by atoms with Gasteiger partial charge in [0.2, 0.25) is 0 Å². The quantitative estimate of drug-likeness (QED) is 0.796. The minimum absolute atomic E-state index is 0.494. The van der Waals surface area contributed by atoms with Gasteiger partial charge in [0, 0.05) is 25.0 Å². The minimum Gasteiger partial charge on any atom is -0.350 e. The molecule has 0 radical (unpaired) electrons. The summed E-state index contributed by atoms with van der Waals surface area (Å²) in [5.74, 6) is 0. The molecule has 18 heavy (non-hydrogen) atoms. The first-order valence-corrected chi connectivity index (χ1v) is 7.68. The van der Waals surface area contributed by atoms with E-state index in [1.807, 2.05) is 0 Å². The van der Waals surface area contributed by atoms with Crippen molar-refractivity contribution in [3.63, 3.8) is 0 Å². The van der Waals surface area contributed by atoms with Crippen LogP contribution >= 0.6 is 11.3 Å². The van der Waals surface area contributed by atoms with Gasteiger partial charge < -0.3 is 9.88 Å². The van der Waals surface area contributed by atoms with Crippen molar-refractivity contribution in [3.8, 4) is 0 Å². The number of rotatable bonds is 7. The average molecular weight is 262 g/mol. The number of nitrogens with zero attached hydrogens (tertiary/aromatic N) is 1. The molecule has 2 nitrogen and oxygen atoms in total. The molecule has 0 aromatic carbocycles. The molecule has 1 N–H and O–H groups in total. The second kappa shape index (κ2) is 6.76. The molecule has 0 aliphatic rings. The van der Waals surface area contributed by atoms with Crippen molar-refractivity contribution in [1.82, 2.24) is 9.88 Å². The Bertz CT molecular complexity index is 445. The van der Waals surface area contributed by atoms with Crippen LogP contribution in [-0.4, -0.2) is 11.1 Å². The third kappa shape index (κ3) is 3.47. The molecule has 2 rings (SSSR count). The topological polar surface area (TPSA) is 17.0 Å². The van der Waals surface area contributed by atoms with E-state index >= 15 is 0 Å². The van der Waals surface area contributed by atoms with Gasteiger partial charge in [-0.1, -0.05) is 13.8 Å². The van der Waals surface area contributed by atoms with Gasteiger partial charge in [0.1, 0.15) is 0 Å². The predicted molar refractivity (Wildman–Crippen MR) is 79.2 cm³/mol. The summed E-state index contributed by atoms with van der Waals surface area (Å²) in [6.45, 7) is 6.52. The fraction of sp³-hybridized carbons (Fsp3) is 0.467. The van der Waals surface area contributed by atoms with E-state index in [9.17, 15) is 0 Å². The summed E-state index contributed by atoms with van der Waals surface area (Å²) >= 11 is 1.76. The molecule has 0 bridgehead atoms. The summed E-state index contributed by atoms with van der Waals surface area (Å²) < 4.78 is 2.27. The van der Waals surface area contributed by atoms with Crippen LogP contribution in [0.4, 0.5) is 0 Å². The number of hydrogen-bond donors (Lipinski definition) is 1. The van der Waals surface area contributed by atoms with E-state index in [0.29, 0.717) is 6.04 Å². The highest BCUT2D eigenvalue weighted by Crippen LogP contribution is 2.18. The van der Waals surface area contributed by atoms with Crippen molar-refractivity contribution in [2.75, 3.05) is 6.54 Å². The molecule has 0 aliphatic heterocycles. The van der Waals surface area contributed by atoms with E-state index in [4.69, 9.17) is 0 Å². The first kappa shape index (κ1) is 13.4. The second-order valence-corrected chi connectivity index (χ2v) is 5.44. The van der Waals surface area contributed by atoms with Crippen molar-refractivity contribution >= 4 is 11.3 Å². The first-order chi connectivity index (χ1) is 8.83. The maximum Gasteiger partial charge on any atom is 0.0478 e. The third-order valence-corrected chi connectivity index (χ3v) is 3.90. The molecule has 0 fully saturated rings. The molecule has 0 spiro atoms. The third-order valence-electron chi connectivity index (χ3n) is 3.17. The smallest absolute Gasteiger partial charge is 0.0478 e. The molecule has 3 heteroatoms. The Hall–Kier alpha value is -1.06. The van der Waals surface area contributed by atoms with E-state index in [0.717, 1.165) is 19.5 Å². The Morgan fingerprint density at radius 1 is 1.33 bits per heavy atom. The first-order valence-electron chi connectivity index (χ1n) is 6.73. The average Bonchev–Trinajstić information content (AvgIpc) is 3.03. The molecule has 2 heterocycles. The van der Waals surface area contributed by atoms with Crippen LogP contribution in [0.2, 0.25) is 0 Å². The molecule has 0 amide bonds. The van der Waals surface area contributed by atoms with Crippen molar-refractivity contribution in [2.45, 2.75) is 39.3 Å². The van der Waals surface area contributed by atoms with Gasteiger partial charge in [0.25, 0.3) is 0 Å². The minimum atomic E-state index is 0.494. The lowest BCUT2D eigenvalue weighted by Crippen LogP contribution is -2.21. The highest BCUT2D eigenvalue weighted by Gasteiger charge is 2.09. The van der Waals surface area contributed by atoms with Gasteiger partial charge in [-0.15, -0.1) is 0 Å². The SMILES string of the molecule is CCCNC(CC)c1ccn(Cc2ccsc2)c1. The van der Waals surface area contributed by atoms with Crippen LogP contribution in [0.15, 0.2) is 35.3 Å². The summed E-state index contributed by atoms with van der Waals surface area (Å²) in [5, 5.41) is 7.95. The lowest BCUT2D eigenvalue weighted by atomic mass is 10.1. The zero-order valence-electron chi connectivity index (χ0n) is 11.2. The number of hydrogen-bond acceptors (Lipinski definition) is 2. The molecular weight excluding hydrogens is 240 g/mol. The molecule has 2 aromatic heterocycles. The van der Waals surface area contributed by atoms with Gasteiger partial charge >= 0.3 is 0 Å². The van der Waals surface area contributed by atoms with Crippen LogP contribution in [0.5, 0.6) is 0 Å². The standard InChI is InChI=1S/C15H22N2S/c1-3-7-16-15(4-2)14-5-8-17(11-14)10-13-6-9-18-12-13/h5-6,8-9,11-12,15-16H,3-4,7,10H2,1-2H3. The fourth-order valence-corrected chi connectivity index (χ4v) is 2.83. The number of aromatic nitrogens is 1. The highest BCUT2D eigenvalue weighted by molar-refractivity contribution is 7.07. The van der Waals surface area contributed by atoms with Crippen LogP contribution in [0, 0.1) is 0 Å². The summed E-state index contributed by atoms with van der Waals surface area (Å²) in [7, 11) is 0. The van der Waals surface area contributed by atoms with Crippen molar-refractivity contribution < 1.29 is 0 Å². The molecule has 98 valence electrons. The van der Waals surface area contributed by atoms with Crippen LogP contribution in [0.1, 0.15) is 43.9 Å². The predicted octanol–water partition coefficient (Wildman–Crippen LogP) is 4.05. The Labute approximate surface area is 114 Å². The van der Waals surface area contributed by atoms with Gasteiger partial charge in [0.15, 0.2) is 0 Å². The zero-order chi connectivity index (χ0) is 12.8. The fourth-order valence-electron chi connectivity index (χ4n) is 2.17. The van der Waals surface area contributed by atoms with Crippen LogP contribution in [0.3, 0.4) is 0 Å². The number of thiophene rings is 1. The Balaban J connectivity index is 1.99. The van der Waals surface area contributed by atoms with E-state index in [1.165, 1.54) is 17.5 Å². The molecule has 0 saturated heterocycles. The van der Waals surface area contributed by atoms with E-state index in [-0.39, 0.29) is 0 Å². The lowest BCUT2D eigenvalue weighted by Gasteiger charge is -2.15. The van der Waals surface area contributed by atoms with Crippen molar-refractivity contribution in [1.29, 1.82) is 0 Å². The Morgan fingerprint density at radius 2 is 2.22 bits per heavy atom. The molecular formula is C15H22N2S. The monoisotopic (exact) mass is 262 g/mol. The zero-order valence-corrected chi connectivity index (χ0v) is 12.0. The molecule has 1 atom stereocenters. The van der Waals surface area contributed by atoms with Gasteiger partial charge in [0.05, 0.1) is 0 Å². The van der Waals surface area contributed by atoms with E-state index in [1.54, 1.807) is 11.3 Å². The van der Waals surface area contributed by atoms with E-state index in [2.05, 4.69) is 59.0 Å². The van der Waals surface area contributed by atoms with Gasteiger partial charge in [-0.05, 0) is 53.4 Å². The Kier molecular flexibility index (Phi) is 5.02. The van der Waals surface area contributed by atoms with Crippen LogP contribution in [-0.2, 0) is 6.54 Å². The van der Waals surface area contributed by atoms with Gasteiger partial charge in [-0.3, -0.25) is 0 Å². The van der Waals surface area contributed by atoms with Crippen LogP contribution < -0.4 is 5.32 Å². The number of nitrogens with one attached hydrogen (secondary N) is 1. The highest BCUT2D eigenvalue weighted by atomic mass is 32.1. The van der Waals surface area contributed by atoms with Crippen LogP contribution in [0.25, 0.3) is 0 Å². The summed E-state index contributed by atoms with van der Waals surface area (Å²) in [4.78, 5) is 0. The molecule has 1 unspecified atom stereocenters. The molecule has 0 aliphatic carbocycles. The summed E-state index contributed by atoms with van der Waals surface area (Å²) in [6, 6.07) is 4.92. The Morgan fingerprint density at radius 3 is 2.89 bits per heavy atom. The normalized spacial score (nSPS) is 12.8. The van der Waals surface area contributed by atoms with Crippen molar-refractivity contribution in [3.05, 3.63) is 46.4 Å².